The summed E-state index contributed by atoms with van der Waals surface area (Å²) < 4.78 is 25.9. The SMILES string of the molecule is C.C.CCC(C)(CC(C)(C)C(=O)OC[Si](OC)(OC)OC)C(=O)OC. The first-order valence-electron chi connectivity index (χ1n) is 7.47. The van der Waals surface area contributed by atoms with E-state index in [2.05, 4.69) is 0 Å². The van der Waals surface area contributed by atoms with Gasteiger partial charge in [-0.1, -0.05) is 21.8 Å². The summed E-state index contributed by atoms with van der Waals surface area (Å²) >= 11 is 0. The number of carbonyl (C=O) groups is 2. The van der Waals surface area contributed by atoms with Gasteiger partial charge in [0.25, 0.3) is 0 Å². The monoisotopic (exact) mass is 382 g/mol. The minimum absolute atomic E-state index is 0. The van der Waals surface area contributed by atoms with Gasteiger partial charge in [-0.05, 0) is 33.6 Å². The Morgan fingerprint density at radius 3 is 1.64 bits per heavy atom. The van der Waals surface area contributed by atoms with Crippen LogP contribution in [-0.4, -0.2) is 55.4 Å². The molecule has 0 rings (SSSR count). The number of hydrogen-bond acceptors (Lipinski definition) is 7. The molecule has 25 heavy (non-hydrogen) atoms. The molecule has 0 saturated carbocycles. The molecule has 152 valence electrons. The topological polar surface area (TPSA) is 80.3 Å². The largest absolute Gasteiger partial charge is 0.539 e. The predicted molar refractivity (Wildman–Crippen MR) is 100 cm³/mol. The van der Waals surface area contributed by atoms with Gasteiger partial charge in [-0.25, -0.2) is 0 Å². The summed E-state index contributed by atoms with van der Waals surface area (Å²) in [6, 6.07) is 0. The molecule has 0 fully saturated rings. The first kappa shape index (κ1) is 28.8. The highest BCUT2D eigenvalue weighted by atomic mass is 28.4. The summed E-state index contributed by atoms with van der Waals surface area (Å²) in [7, 11) is 2.70. The molecule has 0 aliphatic carbocycles. The smallest absolute Gasteiger partial charge is 0.469 e. The standard InChI is InChI=1S/C15H30O7Si.2CH4/c1-9-15(4,13(17)18-5)10-14(2,3)12(16)22-11-23(19-6,20-7)21-8;;/h9-11H2,1-8H3;2*1H4. The molecule has 0 aromatic carbocycles. The van der Waals surface area contributed by atoms with Crippen LogP contribution < -0.4 is 0 Å². The Labute approximate surface area is 154 Å². The van der Waals surface area contributed by atoms with E-state index >= 15 is 0 Å². The van der Waals surface area contributed by atoms with Crippen molar-refractivity contribution in [1.82, 2.24) is 0 Å². The Balaban J connectivity index is -0.00000242. The predicted octanol–water partition coefficient (Wildman–Crippen LogP) is 3.22. The molecule has 0 aliphatic heterocycles. The van der Waals surface area contributed by atoms with Crippen molar-refractivity contribution in [1.29, 1.82) is 0 Å². The first-order chi connectivity index (χ1) is 10.6. The van der Waals surface area contributed by atoms with Gasteiger partial charge in [-0.3, -0.25) is 9.59 Å². The van der Waals surface area contributed by atoms with E-state index in [1.54, 1.807) is 20.8 Å². The molecule has 7 nitrogen and oxygen atoms in total. The van der Waals surface area contributed by atoms with Gasteiger partial charge in [-0.15, -0.1) is 0 Å². The number of esters is 2. The zero-order chi connectivity index (χ0) is 18.3. The van der Waals surface area contributed by atoms with Gasteiger partial charge >= 0.3 is 20.7 Å². The van der Waals surface area contributed by atoms with E-state index in [1.165, 1.54) is 28.4 Å². The lowest BCUT2D eigenvalue weighted by atomic mass is 9.72. The van der Waals surface area contributed by atoms with Gasteiger partial charge in [0.15, 0.2) is 6.23 Å². The van der Waals surface area contributed by atoms with E-state index in [9.17, 15) is 9.59 Å². The summed E-state index contributed by atoms with van der Waals surface area (Å²) in [6.45, 7) is 7.15. The van der Waals surface area contributed by atoms with Gasteiger partial charge in [0.1, 0.15) is 0 Å². The van der Waals surface area contributed by atoms with Crippen LogP contribution in [0.3, 0.4) is 0 Å². The molecular weight excluding hydrogens is 344 g/mol. The van der Waals surface area contributed by atoms with Gasteiger partial charge in [0.05, 0.1) is 17.9 Å². The summed E-state index contributed by atoms with van der Waals surface area (Å²) in [4.78, 5) is 24.4. The Bertz CT molecular complexity index is 400. The van der Waals surface area contributed by atoms with Crippen molar-refractivity contribution in [2.45, 2.75) is 55.4 Å². The highest BCUT2D eigenvalue weighted by molar-refractivity contribution is 6.60. The highest BCUT2D eigenvalue weighted by Crippen LogP contribution is 2.38. The van der Waals surface area contributed by atoms with Crippen molar-refractivity contribution in [3.63, 3.8) is 0 Å². The summed E-state index contributed by atoms with van der Waals surface area (Å²) in [5.41, 5.74) is -1.62. The third-order valence-corrected chi connectivity index (χ3v) is 6.52. The lowest BCUT2D eigenvalue weighted by Crippen LogP contribution is -2.49. The number of hydrogen-bond donors (Lipinski definition) is 0. The molecule has 0 aromatic rings. The van der Waals surface area contributed by atoms with Crippen LogP contribution in [0.5, 0.6) is 0 Å². The van der Waals surface area contributed by atoms with Crippen molar-refractivity contribution in [3.05, 3.63) is 0 Å². The quantitative estimate of drug-likeness (QED) is 0.424. The van der Waals surface area contributed by atoms with Crippen LogP contribution in [0.4, 0.5) is 0 Å². The lowest BCUT2D eigenvalue weighted by Gasteiger charge is -2.34. The Hall–Kier alpha value is -0.963. The fraction of sp³-hybridized carbons (Fsp3) is 0.882. The van der Waals surface area contributed by atoms with Crippen molar-refractivity contribution >= 4 is 20.7 Å². The normalized spacial score (nSPS) is 13.8. The third-order valence-electron chi connectivity index (χ3n) is 4.16. The van der Waals surface area contributed by atoms with Crippen LogP contribution in [-0.2, 0) is 32.3 Å². The lowest BCUT2D eigenvalue weighted by molar-refractivity contribution is -0.161. The summed E-state index contributed by atoms with van der Waals surface area (Å²) in [6.07, 6.45) is 0.784. The molecule has 0 N–H and O–H groups in total. The minimum atomic E-state index is -2.99. The van der Waals surface area contributed by atoms with Crippen molar-refractivity contribution in [2.75, 3.05) is 34.7 Å². The van der Waals surface area contributed by atoms with Gasteiger partial charge in [0.2, 0.25) is 0 Å². The van der Waals surface area contributed by atoms with Crippen LogP contribution in [0.2, 0.25) is 0 Å². The molecule has 0 saturated heterocycles. The Morgan fingerprint density at radius 1 is 0.880 bits per heavy atom. The van der Waals surface area contributed by atoms with Crippen LogP contribution in [0.1, 0.15) is 55.4 Å². The van der Waals surface area contributed by atoms with Gasteiger partial charge in [0, 0.05) is 21.3 Å². The number of carbonyl (C=O) groups excluding carboxylic acids is 2. The van der Waals surface area contributed by atoms with E-state index in [-0.39, 0.29) is 27.1 Å². The van der Waals surface area contributed by atoms with E-state index in [0.717, 1.165) is 0 Å². The molecule has 1 atom stereocenters. The van der Waals surface area contributed by atoms with Crippen LogP contribution in [0.15, 0.2) is 0 Å². The van der Waals surface area contributed by atoms with Crippen molar-refractivity contribution in [3.8, 4) is 0 Å². The second-order valence-corrected chi connectivity index (χ2v) is 9.22. The first-order valence-corrected chi connectivity index (χ1v) is 9.40. The molecule has 0 aromatic heterocycles. The second-order valence-electron chi connectivity index (χ2n) is 6.34. The summed E-state index contributed by atoms with van der Waals surface area (Å²) in [5.74, 6) is -0.778. The van der Waals surface area contributed by atoms with Gasteiger partial charge in [-0.2, -0.15) is 0 Å². The maximum absolute atomic E-state index is 12.4. The van der Waals surface area contributed by atoms with E-state index in [4.69, 9.17) is 22.8 Å². The third kappa shape index (κ3) is 7.43. The number of rotatable bonds is 10. The molecule has 0 spiro atoms. The number of ether oxygens (including phenoxy) is 2. The van der Waals surface area contributed by atoms with Crippen LogP contribution in [0.25, 0.3) is 0 Å². The van der Waals surface area contributed by atoms with E-state index in [1.807, 2.05) is 6.92 Å². The van der Waals surface area contributed by atoms with Crippen LogP contribution >= 0.6 is 0 Å². The van der Waals surface area contributed by atoms with Crippen molar-refractivity contribution < 1.29 is 32.3 Å². The molecule has 8 heteroatoms. The Kier molecular flexibility index (Phi) is 13.4. The molecule has 1 unspecified atom stereocenters. The Morgan fingerprint density at radius 2 is 1.32 bits per heavy atom. The maximum atomic E-state index is 12.4. The van der Waals surface area contributed by atoms with E-state index < -0.39 is 25.6 Å². The maximum Gasteiger partial charge on any atom is 0.539 e. The average molecular weight is 383 g/mol. The zero-order valence-corrected chi connectivity index (χ0v) is 16.5. The van der Waals surface area contributed by atoms with Crippen LogP contribution in [0, 0.1) is 10.8 Å². The van der Waals surface area contributed by atoms with E-state index in [0.29, 0.717) is 12.8 Å². The molecule has 0 radical (unpaired) electrons. The average Bonchev–Trinajstić information content (AvgIpc) is 2.54. The summed E-state index contributed by atoms with van der Waals surface area (Å²) in [5, 5.41) is 0. The molecular formula is C17H38O7Si. The molecule has 0 bridgehead atoms. The second kappa shape index (κ2) is 11.6. The molecule has 0 heterocycles. The zero-order valence-electron chi connectivity index (χ0n) is 15.5. The minimum Gasteiger partial charge on any atom is -0.469 e. The fourth-order valence-corrected chi connectivity index (χ4v) is 3.57. The van der Waals surface area contributed by atoms with Gasteiger partial charge < -0.3 is 22.8 Å². The van der Waals surface area contributed by atoms with Crippen molar-refractivity contribution in [2.24, 2.45) is 10.8 Å². The highest BCUT2D eigenvalue weighted by Gasteiger charge is 2.45. The molecule has 0 amide bonds. The molecule has 0 aliphatic rings. The fourth-order valence-electron chi connectivity index (χ4n) is 2.41. The number of methoxy groups -OCH3 is 1.